The van der Waals surface area contributed by atoms with Crippen LogP contribution in [0, 0.1) is 0 Å². The molecule has 0 fully saturated rings. The van der Waals surface area contributed by atoms with Gasteiger partial charge in [-0.15, -0.1) is 0 Å². The number of hydrogen-bond acceptors (Lipinski definition) is 0. The molecule has 0 radical (unpaired) electrons. The Bertz CT molecular complexity index is 586. The minimum atomic E-state index is 0.992. The van der Waals surface area contributed by atoms with Crippen molar-refractivity contribution in [3.05, 3.63) is 54.1 Å². The minimum absolute atomic E-state index is 0.992. The zero-order valence-corrected chi connectivity index (χ0v) is 17.1. The van der Waals surface area contributed by atoms with E-state index in [4.69, 9.17) is 0 Å². The average Bonchev–Trinajstić information content (AvgIpc) is 3.04. The van der Waals surface area contributed by atoms with Crippen molar-refractivity contribution < 1.29 is 4.57 Å². The summed E-state index contributed by atoms with van der Waals surface area (Å²) in [5.74, 6) is 1.51. The monoisotopic (exact) mass is 355 g/mol. The number of rotatable bonds is 14. The van der Waals surface area contributed by atoms with E-state index in [2.05, 4.69) is 65.7 Å². The molecule has 144 valence electrons. The van der Waals surface area contributed by atoms with Crippen LogP contribution in [0.1, 0.15) is 89.4 Å². The van der Waals surface area contributed by atoms with Gasteiger partial charge in [0.2, 0.25) is 0 Å². The first-order chi connectivity index (χ1) is 12.8. The summed E-state index contributed by atoms with van der Waals surface area (Å²) in [6.07, 6.45) is 19.4. The lowest BCUT2D eigenvalue weighted by Gasteiger charge is -2.06. The maximum Gasteiger partial charge on any atom is 0.256 e. The van der Waals surface area contributed by atoms with Gasteiger partial charge in [-0.1, -0.05) is 89.1 Å². The number of unbranched alkanes of at least 4 members (excludes halogenated alkanes) is 8. The highest BCUT2D eigenvalue weighted by Gasteiger charge is 2.16. The van der Waals surface area contributed by atoms with E-state index in [1.807, 2.05) is 0 Å². The molecule has 26 heavy (non-hydrogen) atoms. The number of benzene rings is 1. The quantitative estimate of drug-likeness (QED) is 0.277. The zero-order chi connectivity index (χ0) is 18.5. The van der Waals surface area contributed by atoms with Crippen LogP contribution in [-0.4, -0.2) is 4.57 Å². The third kappa shape index (κ3) is 7.35. The second-order valence-electron chi connectivity index (χ2n) is 7.60. The summed E-state index contributed by atoms with van der Waals surface area (Å²) in [4.78, 5) is 0. The Hall–Kier alpha value is -1.57. The second kappa shape index (κ2) is 12.7. The van der Waals surface area contributed by atoms with Crippen LogP contribution in [0.5, 0.6) is 0 Å². The van der Waals surface area contributed by atoms with Gasteiger partial charge in [-0.3, -0.25) is 0 Å². The fourth-order valence-corrected chi connectivity index (χ4v) is 3.69. The van der Waals surface area contributed by atoms with Crippen molar-refractivity contribution in [1.29, 1.82) is 0 Å². The van der Waals surface area contributed by atoms with Crippen LogP contribution < -0.4 is 4.57 Å². The molecule has 0 bridgehead atoms. The van der Waals surface area contributed by atoms with Gasteiger partial charge in [-0.05, 0) is 24.8 Å². The van der Waals surface area contributed by atoms with Crippen LogP contribution >= 0.6 is 0 Å². The third-order valence-electron chi connectivity index (χ3n) is 5.29. The van der Waals surface area contributed by atoms with Gasteiger partial charge in [0.05, 0.1) is 6.54 Å². The van der Waals surface area contributed by atoms with E-state index in [1.165, 1.54) is 88.6 Å². The molecule has 2 heteroatoms. The van der Waals surface area contributed by atoms with Crippen molar-refractivity contribution in [3.63, 3.8) is 0 Å². The van der Waals surface area contributed by atoms with Gasteiger partial charge < -0.3 is 0 Å². The Morgan fingerprint density at radius 1 is 0.769 bits per heavy atom. The molecule has 0 spiro atoms. The predicted molar refractivity (Wildman–Crippen MR) is 111 cm³/mol. The Morgan fingerprint density at radius 3 is 2.15 bits per heavy atom. The Kier molecular flexibility index (Phi) is 10.2. The van der Waals surface area contributed by atoms with E-state index in [-0.39, 0.29) is 0 Å². The van der Waals surface area contributed by atoms with E-state index in [9.17, 15) is 0 Å². The molecule has 1 heterocycles. The summed E-state index contributed by atoms with van der Waals surface area (Å²) in [6.45, 7) is 6.75. The molecule has 0 saturated heterocycles. The van der Waals surface area contributed by atoms with Gasteiger partial charge in [-0.2, -0.15) is 0 Å². The van der Waals surface area contributed by atoms with Gasteiger partial charge in [0.15, 0.2) is 0 Å². The lowest BCUT2D eigenvalue weighted by atomic mass is 10.1. The Balaban J connectivity index is 1.89. The summed E-state index contributed by atoms with van der Waals surface area (Å²) >= 11 is 0. The standard InChI is InChI=1S/C24H39N2/c1-3-5-7-8-9-10-15-19-25-20-21-26(24(25)18-12-6-4-2)22-23-16-13-11-14-17-23/h11,13-14,16-17,20-21H,3-10,12,15,18-19,22H2,1-2H3/q+1. The smallest absolute Gasteiger partial charge is 0.234 e. The fraction of sp³-hybridized carbons (Fsp3) is 0.625. The first-order valence-corrected chi connectivity index (χ1v) is 11.0. The van der Waals surface area contributed by atoms with E-state index >= 15 is 0 Å². The lowest BCUT2D eigenvalue weighted by molar-refractivity contribution is -0.695. The molecule has 0 N–H and O–H groups in total. The molecule has 1 aromatic carbocycles. The summed E-state index contributed by atoms with van der Waals surface area (Å²) in [5.41, 5.74) is 1.39. The van der Waals surface area contributed by atoms with E-state index in [1.54, 1.807) is 0 Å². The minimum Gasteiger partial charge on any atom is -0.234 e. The summed E-state index contributed by atoms with van der Waals surface area (Å²) < 4.78 is 4.98. The topological polar surface area (TPSA) is 8.81 Å². The van der Waals surface area contributed by atoms with Crippen LogP contribution in [-0.2, 0) is 19.5 Å². The average molecular weight is 356 g/mol. The van der Waals surface area contributed by atoms with Crippen LogP contribution in [0.25, 0.3) is 0 Å². The van der Waals surface area contributed by atoms with E-state index in [0.29, 0.717) is 0 Å². The normalized spacial score (nSPS) is 11.2. The zero-order valence-electron chi connectivity index (χ0n) is 17.1. The van der Waals surface area contributed by atoms with Crippen molar-refractivity contribution in [1.82, 2.24) is 4.57 Å². The Labute approximate surface area is 161 Å². The first-order valence-electron chi connectivity index (χ1n) is 11.0. The molecule has 0 aliphatic heterocycles. The van der Waals surface area contributed by atoms with Crippen molar-refractivity contribution in [2.45, 2.75) is 97.6 Å². The predicted octanol–water partition coefficient (Wildman–Crippen LogP) is 6.31. The maximum absolute atomic E-state index is 2.52. The highest BCUT2D eigenvalue weighted by atomic mass is 15.1. The lowest BCUT2D eigenvalue weighted by Crippen LogP contribution is -2.37. The maximum atomic E-state index is 2.52. The number of imidazole rings is 1. The van der Waals surface area contributed by atoms with Crippen molar-refractivity contribution in [2.75, 3.05) is 0 Å². The van der Waals surface area contributed by atoms with Gasteiger partial charge in [0, 0.05) is 6.42 Å². The first kappa shape index (κ1) is 20.7. The Morgan fingerprint density at radius 2 is 1.42 bits per heavy atom. The van der Waals surface area contributed by atoms with Crippen LogP contribution in [0.3, 0.4) is 0 Å². The summed E-state index contributed by atoms with van der Waals surface area (Å²) in [6, 6.07) is 10.8. The van der Waals surface area contributed by atoms with E-state index in [0.717, 1.165) is 6.54 Å². The summed E-state index contributed by atoms with van der Waals surface area (Å²) in [5, 5.41) is 0. The molecule has 2 aromatic rings. The highest BCUT2D eigenvalue weighted by Crippen LogP contribution is 2.11. The number of aromatic nitrogens is 2. The number of nitrogens with zero attached hydrogens (tertiary/aromatic N) is 2. The largest absolute Gasteiger partial charge is 0.256 e. The van der Waals surface area contributed by atoms with Crippen LogP contribution in [0.4, 0.5) is 0 Å². The number of aryl methyl sites for hydroxylation is 1. The molecular weight excluding hydrogens is 316 g/mol. The highest BCUT2D eigenvalue weighted by molar-refractivity contribution is 5.13. The van der Waals surface area contributed by atoms with Crippen molar-refractivity contribution in [3.8, 4) is 0 Å². The van der Waals surface area contributed by atoms with Crippen LogP contribution in [0.2, 0.25) is 0 Å². The SMILES string of the molecule is CCCCCCCCCn1cc[n+](Cc2ccccc2)c1CCCCC. The molecule has 2 rings (SSSR count). The summed E-state index contributed by atoms with van der Waals surface area (Å²) in [7, 11) is 0. The molecule has 1 aromatic heterocycles. The third-order valence-corrected chi connectivity index (χ3v) is 5.29. The molecule has 0 aliphatic carbocycles. The van der Waals surface area contributed by atoms with Crippen molar-refractivity contribution in [2.24, 2.45) is 0 Å². The molecule has 0 amide bonds. The number of hydrogen-bond donors (Lipinski definition) is 0. The molecule has 0 atom stereocenters. The van der Waals surface area contributed by atoms with Gasteiger partial charge in [-0.25, -0.2) is 9.13 Å². The van der Waals surface area contributed by atoms with Gasteiger partial charge in [0.25, 0.3) is 5.82 Å². The molecular formula is C24H39N2+. The van der Waals surface area contributed by atoms with Crippen molar-refractivity contribution >= 4 is 0 Å². The van der Waals surface area contributed by atoms with E-state index < -0.39 is 0 Å². The molecule has 0 saturated carbocycles. The molecule has 0 unspecified atom stereocenters. The van der Waals surface area contributed by atoms with Crippen LogP contribution in [0.15, 0.2) is 42.7 Å². The fourth-order valence-electron chi connectivity index (χ4n) is 3.69. The molecule has 2 nitrogen and oxygen atoms in total. The van der Waals surface area contributed by atoms with Gasteiger partial charge in [0.1, 0.15) is 18.9 Å². The second-order valence-corrected chi connectivity index (χ2v) is 7.60. The molecule has 0 aliphatic rings. The van der Waals surface area contributed by atoms with Gasteiger partial charge >= 0.3 is 0 Å².